The summed E-state index contributed by atoms with van der Waals surface area (Å²) in [7, 11) is 0. The van der Waals surface area contributed by atoms with Crippen molar-refractivity contribution in [2.75, 3.05) is 19.6 Å². The zero-order chi connectivity index (χ0) is 14.4. The fourth-order valence-electron chi connectivity index (χ4n) is 2.74. The van der Waals surface area contributed by atoms with E-state index in [1.807, 2.05) is 19.1 Å². The molecule has 3 nitrogen and oxygen atoms in total. The van der Waals surface area contributed by atoms with Gasteiger partial charge < -0.3 is 9.64 Å². The summed E-state index contributed by atoms with van der Waals surface area (Å²) in [4.78, 5) is 13.4. The summed E-state index contributed by atoms with van der Waals surface area (Å²) in [6.07, 6.45) is 4.23. The van der Waals surface area contributed by atoms with E-state index in [1.54, 1.807) is 17.0 Å². The molecular weight excluding hydrogens is 274 g/mol. The van der Waals surface area contributed by atoms with E-state index >= 15 is 0 Å². The molecule has 0 saturated carbocycles. The summed E-state index contributed by atoms with van der Waals surface area (Å²) < 4.78 is 5.49. The Labute approximate surface area is 125 Å². The van der Waals surface area contributed by atoms with Gasteiger partial charge in [-0.2, -0.15) is 0 Å². The normalized spacial score (nSPS) is 17.7. The number of ether oxygens (including phenoxy) is 1. The molecule has 1 fully saturated rings. The third-order valence-electron chi connectivity index (χ3n) is 3.73. The van der Waals surface area contributed by atoms with Crippen molar-refractivity contribution in [2.24, 2.45) is 0 Å². The fourth-order valence-corrected chi connectivity index (χ4v) is 2.87. The summed E-state index contributed by atoms with van der Waals surface area (Å²) in [5.74, 6) is -0.156. The molecule has 1 heterocycles. The zero-order valence-corrected chi connectivity index (χ0v) is 12.8. The number of quaternary nitrogens is 1. The van der Waals surface area contributed by atoms with E-state index in [0.717, 1.165) is 12.1 Å². The van der Waals surface area contributed by atoms with Crippen LogP contribution in [0.4, 0.5) is 0 Å². The second-order valence-corrected chi connectivity index (χ2v) is 6.05. The molecule has 0 amide bonds. The zero-order valence-electron chi connectivity index (χ0n) is 12.0. The van der Waals surface area contributed by atoms with Crippen LogP contribution in [0.1, 0.15) is 31.7 Å². The Kier molecular flexibility index (Phi) is 5.86. The van der Waals surface area contributed by atoms with Gasteiger partial charge in [-0.25, -0.2) is 0 Å². The molecule has 110 valence electrons. The number of benzene rings is 1. The van der Waals surface area contributed by atoms with Gasteiger partial charge in [-0.05, 0) is 43.9 Å². The molecule has 1 N–H and O–H groups in total. The molecule has 1 aliphatic rings. The first-order chi connectivity index (χ1) is 9.63. The van der Waals surface area contributed by atoms with Crippen LogP contribution in [0, 0.1) is 0 Å². The van der Waals surface area contributed by atoms with E-state index in [1.165, 1.54) is 32.4 Å². The van der Waals surface area contributed by atoms with Crippen molar-refractivity contribution in [3.63, 3.8) is 0 Å². The summed E-state index contributed by atoms with van der Waals surface area (Å²) in [5, 5.41) is 0.684. The van der Waals surface area contributed by atoms with Gasteiger partial charge in [0.05, 0.1) is 19.5 Å². The van der Waals surface area contributed by atoms with E-state index in [0.29, 0.717) is 11.4 Å². The number of esters is 1. The van der Waals surface area contributed by atoms with Gasteiger partial charge in [0.2, 0.25) is 0 Å². The minimum Gasteiger partial charge on any atom is -0.456 e. The molecule has 0 spiro atoms. The predicted octanol–water partition coefficient (Wildman–Crippen LogP) is 1.88. The highest BCUT2D eigenvalue weighted by Crippen LogP contribution is 2.10. The van der Waals surface area contributed by atoms with E-state index < -0.39 is 0 Å². The maximum atomic E-state index is 11.9. The molecule has 0 bridgehead atoms. The molecule has 20 heavy (non-hydrogen) atoms. The first-order valence-corrected chi connectivity index (χ1v) is 7.79. The third kappa shape index (κ3) is 5.14. The van der Waals surface area contributed by atoms with E-state index in [9.17, 15) is 4.79 Å². The van der Waals surface area contributed by atoms with Crippen LogP contribution in [0.15, 0.2) is 24.3 Å². The van der Waals surface area contributed by atoms with Crippen LogP contribution < -0.4 is 4.90 Å². The van der Waals surface area contributed by atoms with E-state index in [4.69, 9.17) is 16.3 Å². The molecule has 0 unspecified atom stereocenters. The topological polar surface area (TPSA) is 30.7 Å². The Hall–Kier alpha value is -1.06. The van der Waals surface area contributed by atoms with E-state index in [2.05, 4.69) is 0 Å². The minimum absolute atomic E-state index is 0.0112. The first-order valence-electron chi connectivity index (χ1n) is 7.41. The number of nitrogens with one attached hydrogen (secondary N) is 1. The Morgan fingerprint density at radius 1 is 1.25 bits per heavy atom. The van der Waals surface area contributed by atoms with Gasteiger partial charge in [-0.15, -0.1) is 0 Å². The van der Waals surface area contributed by atoms with Crippen LogP contribution in [0.3, 0.4) is 0 Å². The highest BCUT2D eigenvalue weighted by atomic mass is 35.5. The third-order valence-corrected chi connectivity index (χ3v) is 3.98. The lowest BCUT2D eigenvalue weighted by Gasteiger charge is -2.26. The monoisotopic (exact) mass is 296 g/mol. The highest BCUT2D eigenvalue weighted by molar-refractivity contribution is 6.30. The Balaban J connectivity index is 1.74. The van der Waals surface area contributed by atoms with Gasteiger partial charge in [0.25, 0.3) is 0 Å². The Morgan fingerprint density at radius 3 is 2.55 bits per heavy atom. The largest absolute Gasteiger partial charge is 0.456 e. The molecule has 0 radical (unpaired) electrons. The molecular formula is C16H23ClNO2+. The maximum absolute atomic E-state index is 11.9. The lowest BCUT2D eigenvalue weighted by molar-refractivity contribution is -0.907. The van der Waals surface area contributed by atoms with Crippen LogP contribution in [0.5, 0.6) is 0 Å². The molecule has 0 aromatic heterocycles. The number of halogens is 1. The van der Waals surface area contributed by atoms with Gasteiger partial charge in [-0.3, -0.25) is 4.79 Å². The molecule has 1 saturated heterocycles. The number of carbonyl (C=O) groups excluding carboxylic acids is 1. The number of hydrogen-bond donors (Lipinski definition) is 1. The summed E-state index contributed by atoms with van der Waals surface area (Å²) >= 11 is 5.82. The van der Waals surface area contributed by atoms with Gasteiger partial charge in [-0.1, -0.05) is 23.7 Å². The van der Waals surface area contributed by atoms with Gasteiger partial charge in [0.15, 0.2) is 0 Å². The standard InChI is InChI=1S/C16H22ClNO2/c1-13(12-18-9-3-2-4-10-18)20-16(19)11-14-5-7-15(17)8-6-14/h5-8,13H,2-4,9-12H2,1H3/p+1/t13-/m1/s1. The Morgan fingerprint density at radius 2 is 1.90 bits per heavy atom. The number of rotatable bonds is 5. The Bertz CT molecular complexity index is 427. The number of hydrogen-bond acceptors (Lipinski definition) is 2. The molecule has 2 rings (SSSR count). The van der Waals surface area contributed by atoms with Crippen molar-refractivity contribution in [3.8, 4) is 0 Å². The summed E-state index contributed by atoms with van der Waals surface area (Å²) in [6.45, 7) is 5.33. The van der Waals surface area contributed by atoms with Crippen molar-refractivity contribution in [1.82, 2.24) is 0 Å². The van der Waals surface area contributed by atoms with Crippen molar-refractivity contribution >= 4 is 17.6 Å². The van der Waals surface area contributed by atoms with Crippen LogP contribution in [0.25, 0.3) is 0 Å². The van der Waals surface area contributed by atoms with Crippen molar-refractivity contribution in [1.29, 1.82) is 0 Å². The predicted molar refractivity (Wildman–Crippen MR) is 80.1 cm³/mol. The average molecular weight is 297 g/mol. The smallest absolute Gasteiger partial charge is 0.310 e. The molecule has 1 atom stereocenters. The van der Waals surface area contributed by atoms with Gasteiger partial charge in [0, 0.05) is 5.02 Å². The molecule has 0 aliphatic carbocycles. The minimum atomic E-state index is -0.156. The lowest BCUT2D eigenvalue weighted by atomic mass is 10.1. The fraction of sp³-hybridized carbons (Fsp3) is 0.562. The van der Waals surface area contributed by atoms with Gasteiger partial charge in [0.1, 0.15) is 12.6 Å². The van der Waals surface area contributed by atoms with Crippen LogP contribution in [-0.2, 0) is 16.0 Å². The quantitative estimate of drug-likeness (QED) is 0.841. The number of carbonyl (C=O) groups is 1. The number of likely N-dealkylation sites (tertiary alicyclic amines) is 1. The highest BCUT2D eigenvalue weighted by Gasteiger charge is 2.19. The molecule has 1 aromatic carbocycles. The maximum Gasteiger partial charge on any atom is 0.310 e. The summed E-state index contributed by atoms with van der Waals surface area (Å²) in [5.41, 5.74) is 0.942. The molecule has 4 heteroatoms. The lowest BCUT2D eigenvalue weighted by Crippen LogP contribution is -3.13. The van der Waals surface area contributed by atoms with Crippen molar-refractivity contribution in [3.05, 3.63) is 34.9 Å². The van der Waals surface area contributed by atoms with Crippen LogP contribution in [0.2, 0.25) is 5.02 Å². The average Bonchev–Trinajstić information content (AvgIpc) is 2.42. The SMILES string of the molecule is C[C@H](C[NH+]1CCCCC1)OC(=O)Cc1ccc(Cl)cc1. The molecule has 1 aliphatic heterocycles. The van der Waals surface area contributed by atoms with E-state index in [-0.39, 0.29) is 12.1 Å². The van der Waals surface area contributed by atoms with Crippen molar-refractivity contribution < 1.29 is 14.4 Å². The van der Waals surface area contributed by atoms with Crippen molar-refractivity contribution in [2.45, 2.75) is 38.7 Å². The first kappa shape index (κ1) is 15.3. The summed E-state index contributed by atoms with van der Waals surface area (Å²) in [6, 6.07) is 7.32. The second kappa shape index (κ2) is 7.65. The van der Waals surface area contributed by atoms with Crippen LogP contribution in [-0.4, -0.2) is 31.7 Å². The second-order valence-electron chi connectivity index (χ2n) is 5.62. The molecule has 1 aromatic rings. The number of piperidine rings is 1. The van der Waals surface area contributed by atoms with Crippen LogP contribution >= 0.6 is 11.6 Å². The van der Waals surface area contributed by atoms with Gasteiger partial charge >= 0.3 is 5.97 Å².